The molecule has 2 amide bonds. The number of carbonyl (C=O) groups is 2. The number of benzene rings is 2. The van der Waals surface area contributed by atoms with Gasteiger partial charge in [-0.1, -0.05) is 17.7 Å². The molecule has 0 spiro atoms. The first-order chi connectivity index (χ1) is 11.0. The van der Waals surface area contributed by atoms with E-state index in [9.17, 15) is 9.59 Å². The molecule has 0 heterocycles. The van der Waals surface area contributed by atoms with Crippen molar-refractivity contribution in [3.63, 3.8) is 0 Å². The van der Waals surface area contributed by atoms with Gasteiger partial charge in [-0.25, -0.2) is 0 Å². The van der Waals surface area contributed by atoms with Crippen molar-refractivity contribution in [3.05, 3.63) is 58.6 Å². The number of hydrogen-bond acceptors (Lipinski definition) is 3. The Bertz CT molecular complexity index is 714. The van der Waals surface area contributed by atoms with Gasteiger partial charge in [-0.15, -0.1) is 0 Å². The fourth-order valence-corrected chi connectivity index (χ4v) is 2.16. The molecule has 0 aliphatic carbocycles. The van der Waals surface area contributed by atoms with Crippen LogP contribution in [0.2, 0.25) is 5.02 Å². The minimum Gasteiger partial charge on any atom is -0.376 e. The minimum atomic E-state index is -0.175. The molecular formula is C17H18ClN3O2. The molecule has 2 aromatic rings. The van der Waals surface area contributed by atoms with E-state index in [0.29, 0.717) is 16.3 Å². The Hall–Kier alpha value is -2.53. The lowest BCUT2D eigenvalue weighted by Crippen LogP contribution is -2.22. The maximum absolute atomic E-state index is 12.0. The Labute approximate surface area is 140 Å². The van der Waals surface area contributed by atoms with Crippen molar-refractivity contribution in [1.82, 2.24) is 5.32 Å². The van der Waals surface area contributed by atoms with Gasteiger partial charge in [0.2, 0.25) is 5.91 Å². The van der Waals surface area contributed by atoms with Crippen LogP contribution < -0.4 is 16.0 Å². The molecule has 0 saturated heterocycles. The first kappa shape index (κ1) is 16.8. The number of amides is 2. The topological polar surface area (TPSA) is 70.2 Å². The molecule has 0 bridgehead atoms. The van der Waals surface area contributed by atoms with Crippen molar-refractivity contribution in [2.45, 2.75) is 6.92 Å². The van der Waals surface area contributed by atoms with Crippen LogP contribution in [0.25, 0.3) is 0 Å². The average molecular weight is 332 g/mol. The van der Waals surface area contributed by atoms with Crippen molar-refractivity contribution in [1.29, 1.82) is 0 Å². The van der Waals surface area contributed by atoms with E-state index in [2.05, 4.69) is 16.0 Å². The highest BCUT2D eigenvalue weighted by atomic mass is 35.5. The first-order valence-electron chi connectivity index (χ1n) is 7.11. The molecule has 2 aromatic carbocycles. The lowest BCUT2D eigenvalue weighted by atomic mass is 10.2. The smallest absolute Gasteiger partial charge is 0.251 e. The molecule has 23 heavy (non-hydrogen) atoms. The molecule has 0 atom stereocenters. The van der Waals surface area contributed by atoms with Gasteiger partial charge in [-0.05, 0) is 48.9 Å². The van der Waals surface area contributed by atoms with Gasteiger partial charge in [0, 0.05) is 29.0 Å². The second-order valence-corrected chi connectivity index (χ2v) is 5.45. The predicted molar refractivity (Wildman–Crippen MR) is 93.1 cm³/mol. The van der Waals surface area contributed by atoms with E-state index in [-0.39, 0.29) is 18.4 Å². The fourth-order valence-electron chi connectivity index (χ4n) is 1.99. The number of carbonyl (C=O) groups excluding carboxylic acids is 2. The molecule has 0 aliphatic rings. The Morgan fingerprint density at radius 3 is 2.43 bits per heavy atom. The van der Waals surface area contributed by atoms with Crippen LogP contribution in [0.4, 0.5) is 11.4 Å². The Kier molecular flexibility index (Phi) is 5.60. The van der Waals surface area contributed by atoms with Crippen LogP contribution in [0.5, 0.6) is 0 Å². The summed E-state index contributed by atoms with van der Waals surface area (Å²) in [6, 6.07) is 12.2. The summed E-state index contributed by atoms with van der Waals surface area (Å²) in [6.45, 7) is 2.02. The Morgan fingerprint density at radius 1 is 1.09 bits per heavy atom. The van der Waals surface area contributed by atoms with Gasteiger partial charge in [-0.3, -0.25) is 9.59 Å². The molecule has 2 rings (SSSR count). The van der Waals surface area contributed by atoms with Gasteiger partial charge in [0.05, 0.1) is 6.54 Å². The zero-order valence-electron chi connectivity index (χ0n) is 12.9. The maximum atomic E-state index is 12.0. The predicted octanol–water partition coefficient (Wildman–Crippen LogP) is 3.06. The molecule has 0 saturated carbocycles. The lowest BCUT2D eigenvalue weighted by molar-refractivity contribution is -0.114. The highest BCUT2D eigenvalue weighted by Gasteiger charge is 2.06. The molecule has 0 aliphatic heterocycles. The third-order valence-electron chi connectivity index (χ3n) is 3.30. The van der Waals surface area contributed by atoms with E-state index in [0.717, 1.165) is 11.3 Å². The first-order valence-corrected chi connectivity index (χ1v) is 7.49. The maximum Gasteiger partial charge on any atom is 0.251 e. The normalized spacial score (nSPS) is 10.0. The zero-order valence-corrected chi connectivity index (χ0v) is 13.7. The van der Waals surface area contributed by atoms with Crippen molar-refractivity contribution < 1.29 is 9.59 Å². The molecule has 120 valence electrons. The standard InChI is InChI=1S/C17H18ClN3O2/c1-11-3-6-13(18)9-15(11)21-16(22)10-20-14-7-4-12(5-8-14)17(23)19-2/h3-9,20H,10H2,1-2H3,(H,19,23)(H,21,22). The van der Waals surface area contributed by atoms with Crippen LogP contribution in [0, 0.1) is 6.92 Å². The number of rotatable bonds is 5. The van der Waals surface area contributed by atoms with Crippen LogP contribution in [0.15, 0.2) is 42.5 Å². The van der Waals surface area contributed by atoms with Gasteiger partial charge in [-0.2, -0.15) is 0 Å². The number of aryl methyl sites for hydroxylation is 1. The summed E-state index contributed by atoms with van der Waals surface area (Å²) in [6.07, 6.45) is 0. The number of anilines is 2. The summed E-state index contributed by atoms with van der Waals surface area (Å²) >= 11 is 5.93. The van der Waals surface area contributed by atoms with Gasteiger partial charge >= 0.3 is 0 Å². The highest BCUT2D eigenvalue weighted by Crippen LogP contribution is 2.20. The molecule has 0 aromatic heterocycles. The molecule has 6 heteroatoms. The average Bonchev–Trinajstić information content (AvgIpc) is 2.56. The summed E-state index contributed by atoms with van der Waals surface area (Å²) in [5.74, 6) is -0.323. The molecule has 0 fully saturated rings. The van der Waals surface area contributed by atoms with Gasteiger partial charge < -0.3 is 16.0 Å². The molecule has 0 unspecified atom stereocenters. The van der Waals surface area contributed by atoms with Crippen LogP contribution in [-0.4, -0.2) is 25.4 Å². The SMILES string of the molecule is CNC(=O)c1ccc(NCC(=O)Nc2cc(Cl)ccc2C)cc1. The van der Waals surface area contributed by atoms with Crippen LogP contribution in [0.1, 0.15) is 15.9 Å². The van der Waals surface area contributed by atoms with Crippen LogP contribution in [-0.2, 0) is 4.79 Å². The van der Waals surface area contributed by atoms with Crippen LogP contribution in [0.3, 0.4) is 0 Å². The highest BCUT2D eigenvalue weighted by molar-refractivity contribution is 6.31. The summed E-state index contributed by atoms with van der Waals surface area (Å²) in [5, 5.41) is 8.94. The molecule has 5 nitrogen and oxygen atoms in total. The molecular weight excluding hydrogens is 314 g/mol. The summed E-state index contributed by atoms with van der Waals surface area (Å²) < 4.78 is 0. The zero-order chi connectivity index (χ0) is 16.8. The van der Waals surface area contributed by atoms with Crippen molar-refractivity contribution in [2.24, 2.45) is 0 Å². The lowest BCUT2D eigenvalue weighted by Gasteiger charge is -2.10. The van der Waals surface area contributed by atoms with Crippen molar-refractivity contribution in [3.8, 4) is 0 Å². The van der Waals surface area contributed by atoms with Gasteiger partial charge in [0.15, 0.2) is 0 Å². The summed E-state index contributed by atoms with van der Waals surface area (Å²) in [5.41, 5.74) is 2.96. The summed E-state index contributed by atoms with van der Waals surface area (Å²) in [4.78, 5) is 23.4. The van der Waals surface area contributed by atoms with E-state index >= 15 is 0 Å². The van der Waals surface area contributed by atoms with Gasteiger partial charge in [0.1, 0.15) is 0 Å². The quantitative estimate of drug-likeness (QED) is 0.788. The monoisotopic (exact) mass is 331 g/mol. The second kappa shape index (κ2) is 7.65. The third-order valence-corrected chi connectivity index (χ3v) is 3.54. The van der Waals surface area contributed by atoms with E-state index < -0.39 is 0 Å². The van der Waals surface area contributed by atoms with Crippen molar-refractivity contribution in [2.75, 3.05) is 24.2 Å². The number of nitrogens with one attached hydrogen (secondary N) is 3. The van der Waals surface area contributed by atoms with E-state index in [1.807, 2.05) is 13.0 Å². The largest absolute Gasteiger partial charge is 0.376 e. The number of halogens is 1. The van der Waals surface area contributed by atoms with E-state index in [1.165, 1.54) is 0 Å². The molecule has 0 radical (unpaired) electrons. The summed E-state index contributed by atoms with van der Waals surface area (Å²) in [7, 11) is 1.58. The van der Waals surface area contributed by atoms with E-state index in [4.69, 9.17) is 11.6 Å². The van der Waals surface area contributed by atoms with Crippen molar-refractivity contribution >= 4 is 34.8 Å². The Morgan fingerprint density at radius 2 is 1.78 bits per heavy atom. The minimum absolute atomic E-state index is 0.116. The fraction of sp³-hybridized carbons (Fsp3) is 0.176. The number of hydrogen-bond donors (Lipinski definition) is 3. The Balaban J connectivity index is 1.91. The second-order valence-electron chi connectivity index (χ2n) is 5.02. The van der Waals surface area contributed by atoms with Crippen LogP contribution >= 0.6 is 11.6 Å². The van der Waals surface area contributed by atoms with Gasteiger partial charge in [0.25, 0.3) is 5.91 Å². The third kappa shape index (κ3) is 4.72. The van der Waals surface area contributed by atoms with E-state index in [1.54, 1.807) is 43.4 Å². The molecule has 3 N–H and O–H groups in total.